The fourth-order valence-corrected chi connectivity index (χ4v) is 1.52. The van der Waals surface area contributed by atoms with Crippen LogP contribution in [0.1, 0.15) is 12.8 Å². The number of carbonyl (C=O) groups excluding carboxylic acids is 1. The first-order valence-electron chi connectivity index (χ1n) is 4.97. The molecule has 0 amide bonds. The van der Waals surface area contributed by atoms with Gasteiger partial charge in [0.2, 0.25) is 0 Å². The largest absolute Gasteiger partial charge is 0.465 e. The van der Waals surface area contributed by atoms with Crippen LogP contribution < -0.4 is 0 Å². The molecule has 19 heavy (non-hydrogen) atoms. The summed E-state index contributed by atoms with van der Waals surface area (Å²) in [7, 11) is 0. The highest BCUT2D eigenvalue weighted by atomic mass is 32.2. The molecule has 0 fully saturated rings. The van der Waals surface area contributed by atoms with Gasteiger partial charge >= 0.3 is 18.1 Å². The summed E-state index contributed by atoms with van der Waals surface area (Å²) in [4.78, 5) is 10.9. The summed E-state index contributed by atoms with van der Waals surface area (Å²) < 4.78 is 75.4. The first-order chi connectivity index (χ1) is 8.84. The molecule has 9 heteroatoms. The first kappa shape index (κ1) is 17.9. The third-order valence-corrected chi connectivity index (χ3v) is 2.61. The lowest BCUT2D eigenvalue weighted by atomic mass is 10.4. The minimum atomic E-state index is -2.47. The van der Waals surface area contributed by atoms with Crippen molar-refractivity contribution in [2.24, 2.45) is 0 Å². The Kier molecular flexibility index (Phi) is 9.19. The Bertz CT molecular complexity index is 361. The number of esters is 1. The second-order valence-corrected chi connectivity index (χ2v) is 4.21. The molecule has 0 radical (unpaired) electrons. The molecule has 0 atom stereocenters. The minimum Gasteiger partial charge on any atom is -0.465 e. The Morgan fingerprint density at radius 1 is 0.895 bits per heavy atom. The van der Waals surface area contributed by atoms with E-state index in [1.165, 1.54) is 0 Å². The van der Waals surface area contributed by atoms with E-state index in [0.29, 0.717) is 0 Å². The molecule has 0 bridgehead atoms. The van der Waals surface area contributed by atoms with Gasteiger partial charge in [0, 0.05) is 18.6 Å². The van der Waals surface area contributed by atoms with E-state index in [9.17, 15) is 31.1 Å². The van der Waals surface area contributed by atoms with Gasteiger partial charge in [-0.15, -0.1) is 11.8 Å². The molecule has 0 aromatic carbocycles. The number of carbonyl (C=O) groups is 1. The summed E-state index contributed by atoms with van der Waals surface area (Å²) in [6.07, 6.45) is -6.13. The van der Waals surface area contributed by atoms with Crippen LogP contribution in [-0.4, -0.2) is 24.1 Å². The normalized spacial score (nSPS) is 10.0. The molecule has 110 valence electrons. The highest BCUT2D eigenvalue weighted by Crippen LogP contribution is 2.16. The van der Waals surface area contributed by atoms with Crippen LogP contribution in [0.15, 0.2) is 23.8 Å². The second kappa shape index (κ2) is 9.76. The Morgan fingerprint density at radius 3 is 1.95 bits per heavy atom. The molecule has 0 spiro atoms. The van der Waals surface area contributed by atoms with Gasteiger partial charge in [-0.1, -0.05) is 0 Å². The maximum Gasteiger partial charge on any atom is 0.315 e. The molecule has 0 heterocycles. The SMILES string of the molecule is O=C(CSCCC(F)=C(F)F)OCCC(F)=C(F)F. The van der Waals surface area contributed by atoms with E-state index < -0.39 is 49.2 Å². The Balaban J connectivity index is 3.67. The number of thioether (sulfide) groups is 1. The van der Waals surface area contributed by atoms with Gasteiger partial charge in [-0.3, -0.25) is 4.79 Å². The van der Waals surface area contributed by atoms with Crippen LogP contribution in [-0.2, 0) is 9.53 Å². The van der Waals surface area contributed by atoms with Gasteiger partial charge in [-0.05, 0) is 0 Å². The van der Waals surface area contributed by atoms with Gasteiger partial charge in [0.1, 0.15) is 0 Å². The predicted octanol–water partition coefficient (Wildman–Crippen LogP) is 4.20. The van der Waals surface area contributed by atoms with Crippen LogP contribution in [0.25, 0.3) is 0 Å². The van der Waals surface area contributed by atoms with E-state index in [1.807, 2.05) is 0 Å². The van der Waals surface area contributed by atoms with Gasteiger partial charge in [0.15, 0.2) is 11.7 Å². The fraction of sp³-hybridized carbons (Fsp3) is 0.500. The van der Waals surface area contributed by atoms with Crippen molar-refractivity contribution in [3.8, 4) is 0 Å². The number of rotatable bonds is 8. The molecule has 0 aromatic rings. The summed E-state index contributed by atoms with van der Waals surface area (Å²) in [5.41, 5.74) is 0. The van der Waals surface area contributed by atoms with Crippen LogP contribution in [0.3, 0.4) is 0 Å². The Hall–Kier alpha value is -1.12. The quantitative estimate of drug-likeness (QED) is 0.382. The third kappa shape index (κ3) is 9.46. The Morgan fingerprint density at radius 2 is 1.42 bits per heavy atom. The van der Waals surface area contributed by atoms with Gasteiger partial charge < -0.3 is 4.74 Å². The van der Waals surface area contributed by atoms with Crippen molar-refractivity contribution in [3.63, 3.8) is 0 Å². The molecule has 0 aromatic heterocycles. The van der Waals surface area contributed by atoms with Crippen molar-refractivity contribution >= 4 is 17.7 Å². The highest BCUT2D eigenvalue weighted by Gasteiger charge is 2.09. The summed E-state index contributed by atoms with van der Waals surface area (Å²) in [6, 6.07) is 0. The summed E-state index contributed by atoms with van der Waals surface area (Å²) in [5, 5.41) is 0. The van der Waals surface area contributed by atoms with Crippen molar-refractivity contribution < 1.29 is 35.9 Å². The zero-order chi connectivity index (χ0) is 14.8. The van der Waals surface area contributed by atoms with E-state index in [4.69, 9.17) is 0 Å². The van der Waals surface area contributed by atoms with E-state index in [-0.39, 0.29) is 11.5 Å². The molecule has 2 nitrogen and oxygen atoms in total. The predicted molar refractivity (Wildman–Crippen MR) is 58.2 cm³/mol. The lowest BCUT2D eigenvalue weighted by Gasteiger charge is -2.03. The average Bonchev–Trinajstić information content (AvgIpc) is 2.33. The summed E-state index contributed by atoms with van der Waals surface area (Å²) in [6.45, 7) is -0.546. The molecule has 0 aliphatic carbocycles. The molecule has 0 N–H and O–H groups in total. The maximum absolute atomic E-state index is 12.3. The average molecular weight is 308 g/mol. The topological polar surface area (TPSA) is 26.3 Å². The Labute approximate surface area is 109 Å². The molecule has 0 rings (SSSR count). The van der Waals surface area contributed by atoms with Gasteiger partial charge in [0.25, 0.3) is 0 Å². The number of ether oxygens (including phenoxy) is 1. The van der Waals surface area contributed by atoms with Crippen LogP contribution >= 0.6 is 11.8 Å². The number of hydrogen-bond donors (Lipinski definition) is 0. The monoisotopic (exact) mass is 308 g/mol. The van der Waals surface area contributed by atoms with Crippen LogP contribution in [0.2, 0.25) is 0 Å². The van der Waals surface area contributed by atoms with Crippen LogP contribution in [0.4, 0.5) is 26.3 Å². The van der Waals surface area contributed by atoms with E-state index >= 15 is 0 Å². The highest BCUT2D eigenvalue weighted by molar-refractivity contribution is 7.99. The van der Waals surface area contributed by atoms with Crippen molar-refractivity contribution in [3.05, 3.63) is 23.8 Å². The first-order valence-corrected chi connectivity index (χ1v) is 6.12. The number of halogens is 6. The zero-order valence-corrected chi connectivity index (χ0v) is 10.3. The molecule has 0 saturated heterocycles. The van der Waals surface area contributed by atoms with Gasteiger partial charge in [-0.2, -0.15) is 17.6 Å². The van der Waals surface area contributed by atoms with Crippen molar-refractivity contribution in [2.45, 2.75) is 12.8 Å². The van der Waals surface area contributed by atoms with Gasteiger partial charge in [0.05, 0.1) is 12.4 Å². The summed E-state index contributed by atoms with van der Waals surface area (Å²) in [5.74, 6) is -4.35. The third-order valence-electron chi connectivity index (χ3n) is 1.68. The van der Waals surface area contributed by atoms with Crippen LogP contribution in [0, 0.1) is 0 Å². The number of allylic oxidation sites excluding steroid dienone is 1. The molecule has 0 unspecified atom stereocenters. The maximum atomic E-state index is 12.3. The van der Waals surface area contributed by atoms with Crippen molar-refractivity contribution in [1.82, 2.24) is 0 Å². The molecule has 0 aliphatic heterocycles. The fourth-order valence-electron chi connectivity index (χ4n) is 0.802. The minimum absolute atomic E-state index is 0.0638. The van der Waals surface area contributed by atoms with Crippen LogP contribution in [0.5, 0.6) is 0 Å². The second-order valence-electron chi connectivity index (χ2n) is 3.10. The van der Waals surface area contributed by atoms with E-state index in [0.717, 1.165) is 11.8 Å². The lowest BCUT2D eigenvalue weighted by molar-refractivity contribution is -0.140. The molecule has 0 saturated carbocycles. The summed E-state index contributed by atoms with van der Waals surface area (Å²) >= 11 is 0.836. The van der Waals surface area contributed by atoms with Crippen molar-refractivity contribution in [1.29, 1.82) is 0 Å². The smallest absolute Gasteiger partial charge is 0.315 e. The van der Waals surface area contributed by atoms with Crippen molar-refractivity contribution in [2.75, 3.05) is 18.1 Å². The molecular formula is C10H10F6O2S. The lowest BCUT2D eigenvalue weighted by Crippen LogP contribution is -2.09. The van der Waals surface area contributed by atoms with Gasteiger partial charge in [-0.25, -0.2) is 8.78 Å². The molecule has 0 aliphatic rings. The van der Waals surface area contributed by atoms with E-state index in [1.54, 1.807) is 0 Å². The molecular weight excluding hydrogens is 298 g/mol. The van der Waals surface area contributed by atoms with E-state index in [2.05, 4.69) is 4.74 Å². The zero-order valence-electron chi connectivity index (χ0n) is 9.53. The standard InChI is InChI=1S/C10H10F6O2S/c11-6(9(13)14)1-3-18-8(17)5-19-4-2-7(12)10(15)16/h1-5H2. The number of hydrogen-bond acceptors (Lipinski definition) is 3.